The zero-order valence-electron chi connectivity index (χ0n) is 9.44. The first-order valence-corrected chi connectivity index (χ1v) is 5.45. The van der Waals surface area contributed by atoms with Gasteiger partial charge in [-0.05, 0) is 25.7 Å². The molecule has 0 saturated heterocycles. The van der Waals surface area contributed by atoms with Gasteiger partial charge in [0.15, 0.2) is 0 Å². The van der Waals surface area contributed by atoms with E-state index in [9.17, 15) is 4.79 Å². The Hall–Kier alpha value is -0.530. The number of carbonyl (C=O) groups is 1. The van der Waals surface area contributed by atoms with Gasteiger partial charge in [-0.2, -0.15) is 0 Å². The van der Waals surface area contributed by atoms with Gasteiger partial charge >= 0.3 is 0 Å². The molecule has 0 aliphatic carbocycles. The van der Waals surface area contributed by atoms with E-state index in [-0.39, 0.29) is 11.4 Å². The van der Waals surface area contributed by atoms with Crippen LogP contribution in [0.1, 0.15) is 59.8 Å². The molecular formula is C11H23NO. The van der Waals surface area contributed by atoms with Crippen molar-refractivity contribution >= 4 is 5.91 Å². The molecule has 2 nitrogen and oxygen atoms in total. The molecule has 2 heteroatoms. The molecule has 0 atom stereocenters. The number of nitrogens with one attached hydrogen (secondary N) is 1. The van der Waals surface area contributed by atoms with Gasteiger partial charge in [-0.1, -0.05) is 27.7 Å². The third-order valence-corrected chi connectivity index (χ3v) is 2.91. The van der Waals surface area contributed by atoms with Crippen molar-refractivity contribution in [1.82, 2.24) is 5.32 Å². The molecule has 13 heavy (non-hydrogen) atoms. The van der Waals surface area contributed by atoms with Crippen LogP contribution < -0.4 is 5.32 Å². The summed E-state index contributed by atoms with van der Waals surface area (Å²) in [5, 5.41) is 3.14. The van der Waals surface area contributed by atoms with Gasteiger partial charge in [0.25, 0.3) is 0 Å². The quantitative estimate of drug-likeness (QED) is 0.677. The third kappa shape index (κ3) is 3.79. The summed E-state index contributed by atoms with van der Waals surface area (Å²) < 4.78 is 0. The maximum Gasteiger partial charge on any atom is 0.220 e. The van der Waals surface area contributed by atoms with Crippen LogP contribution in [-0.4, -0.2) is 11.4 Å². The molecule has 0 aromatic carbocycles. The van der Waals surface area contributed by atoms with Crippen LogP contribution in [0, 0.1) is 0 Å². The van der Waals surface area contributed by atoms with Gasteiger partial charge in [0.1, 0.15) is 0 Å². The number of carbonyl (C=O) groups excluding carboxylic acids is 1. The molecule has 0 saturated carbocycles. The van der Waals surface area contributed by atoms with Gasteiger partial charge in [-0.15, -0.1) is 0 Å². The maximum absolute atomic E-state index is 11.4. The highest BCUT2D eigenvalue weighted by Crippen LogP contribution is 2.19. The van der Waals surface area contributed by atoms with E-state index in [1.54, 1.807) is 0 Å². The van der Waals surface area contributed by atoms with Crippen molar-refractivity contribution in [3.05, 3.63) is 0 Å². The monoisotopic (exact) mass is 185 g/mol. The Balaban J connectivity index is 4.16. The van der Waals surface area contributed by atoms with Gasteiger partial charge in [0, 0.05) is 12.0 Å². The zero-order chi connectivity index (χ0) is 10.3. The molecular weight excluding hydrogens is 162 g/mol. The van der Waals surface area contributed by atoms with Crippen LogP contribution in [0.15, 0.2) is 0 Å². The Morgan fingerprint density at radius 3 is 1.85 bits per heavy atom. The van der Waals surface area contributed by atoms with Crippen molar-refractivity contribution in [2.24, 2.45) is 0 Å². The van der Waals surface area contributed by atoms with E-state index in [1.807, 2.05) is 6.92 Å². The molecule has 0 aliphatic rings. The number of amides is 1. The molecule has 1 amide bonds. The predicted octanol–water partition coefficient (Wildman–Crippen LogP) is 2.87. The van der Waals surface area contributed by atoms with Crippen LogP contribution in [0.5, 0.6) is 0 Å². The lowest BCUT2D eigenvalue weighted by Gasteiger charge is -2.31. The first kappa shape index (κ1) is 12.5. The third-order valence-electron chi connectivity index (χ3n) is 2.91. The topological polar surface area (TPSA) is 29.1 Å². The first-order chi connectivity index (χ1) is 6.14. The summed E-state index contributed by atoms with van der Waals surface area (Å²) in [7, 11) is 0. The fourth-order valence-corrected chi connectivity index (χ4v) is 1.60. The standard InChI is InChI=1S/C11H23NO/c1-5-9-10(13)12-11(6-2,7-3)8-4/h5-9H2,1-4H3,(H,12,13). The highest BCUT2D eigenvalue weighted by Gasteiger charge is 2.24. The van der Waals surface area contributed by atoms with E-state index in [0.29, 0.717) is 6.42 Å². The smallest absolute Gasteiger partial charge is 0.220 e. The van der Waals surface area contributed by atoms with Crippen LogP contribution in [0.25, 0.3) is 0 Å². The van der Waals surface area contributed by atoms with E-state index < -0.39 is 0 Å². The molecule has 78 valence electrons. The minimum Gasteiger partial charge on any atom is -0.351 e. The lowest BCUT2D eigenvalue weighted by Crippen LogP contribution is -2.46. The molecule has 0 bridgehead atoms. The molecule has 0 spiro atoms. The molecule has 0 heterocycles. The fourth-order valence-electron chi connectivity index (χ4n) is 1.60. The van der Waals surface area contributed by atoms with Gasteiger partial charge in [0.05, 0.1) is 0 Å². The predicted molar refractivity (Wildman–Crippen MR) is 56.7 cm³/mol. The average Bonchev–Trinajstić information content (AvgIpc) is 2.15. The van der Waals surface area contributed by atoms with E-state index >= 15 is 0 Å². The van der Waals surface area contributed by atoms with Gasteiger partial charge in [0.2, 0.25) is 5.91 Å². The molecule has 0 fully saturated rings. The second kappa shape index (κ2) is 6.01. The van der Waals surface area contributed by atoms with Crippen molar-refractivity contribution in [3.8, 4) is 0 Å². The second-order valence-corrected chi connectivity index (χ2v) is 3.64. The van der Waals surface area contributed by atoms with E-state index in [1.165, 1.54) is 0 Å². The normalized spacial score (nSPS) is 11.4. The van der Waals surface area contributed by atoms with Crippen LogP contribution in [-0.2, 0) is 4.79 Å². The summed E-state index contributed by atoms with van der Waals surface area (Å²) in [6, 6.07) is 0. The van der Waals surface area contributed by atoms with Gasteiger partial charge in [-0.25, -0.2) is 0 Å². The SMILES string of the molecule is CCCC(=O)NC(CC)(CC)CC. The average molecular weight is 185 g/mol. The van der Waals surface area contributed by atoms with Crippen LogP contribution >= 0.6 is 0 Å². The van der Waals surface area contributed by atoms with Crippen LogP contribution in [0.4, 0.5) is 0 Å². The van der Waals surface area contributed by atoms with Crippen LogP contribution in [0.3, 0.4) is 0 Å². The van der Waals surface area contributed by atoms with Gasteiger partial charge < -0.3 is 5.32 Å². The van der Waals surface area contributed by atoms with Gasteiger partial charge in [-0.3, -0.25) is 4.79 Å². The van der Waals surface area contributed by atoms with E-state index in [4.69, 9.17) is 0 Å². The molecule has 0 aliphatic heterocycles. The van der Waals surface area contributed by atoms with E-state index in [0.717, 1.165) is 25.7 Å². The summed E-state index contributed by atoms with van der Waals surface area (Å²) in [6.07, 6.45) is 4.65. The first-order valence-electron chi connectivity index (χ1n) is 5.45. The maximum atomic E-state index is 11.4. The number of hydrogen-bond donors (Lipinski definition) is 1. The molecule has 0 unspecified atom stereocenters. The van der Waals surface area contributed by atoms with Crippen molar-refractivity contribution in [2.75, 3.05) is 0 Å². The molecule has 1 N–H and O–H groups in total. The summed E-state index contributed by atoms with van der Waals surface area (Å²) >= 11 is 0. The van der Waals surface area contributed by atoms with Crippen molar-refractivity contribution < 1.29 is 4.79 Å². The van der Waals surface area contributed by atoms with Crippen molar-refractivity contribution in [1.29, 1.82) is 0 Å². The molecule has 0 rings (SSSR count). The lowest BCUT2D eigenvalue weighted by atomic mass is 9.89. The highest BCUT2D eigenvalue weighted by atomic mass is 16.1. The molecule has 0 aromatic heterocycles. The Kier molecular flexibility index (Phi) is 5.76. The van der Waals surface area contributed by atoms with Crippen molar-refractivity contribution in [2.45, 2.75) is 65.3 Å². The van der Waals surface area contributed by atoms with E-state index in [2.05, 4.69) is 26.1 Å². The highest BCUT2D eigenvalue weighted by molar-refractivity contribution is 5.76. The number of rotatable bonds is 6. The van der Waals surface area contributed by atoms with Crippen molar-refractivity contribution in [3.63, 3.8) is 0 Å². The molecule has 0 radical (unpaired) electrons. The summed E-state index contributed by atoms with van der Waals surface area (Å²) in [6.45, 7) is 8.45. The molecule has 0 aromatic rings. The summed E-state index contributed by atoms with van der Waals surface area (Å²) in [4.78, 5) is 11.4. The lowest BCUT2D eigenvalue weighted by molar-refractivity contribution is -0.123. The Morgan fingerprint density at radius 1 is 1.08 bits per heavy atom. The number of hydrogen-bond acceptors (Lipinski definition) is 1. The summed E-state index contributed by atoms with van der Waals surface area (Å²) in [5.74, 6) is 0.202. The zero-order valence-corrected chi connectivity index (χ0v) is 9.44. The Labute approximate surface area is 82.1 Å². The summed E-state index contributed by atoms with van der Waals surface area (Å²) in [5.41, 5.74) is 0.0479. The Morgan fingerprint density at radius 2 is 1.54 bits per heavy atom. The largest absolute Gasteiger partial charge is 0.351 e. The Bertz CT molecular complexity index is 142. The minimum absolute atomic E-state index is 0.0479. The fraction of sp³-hybridized carbons (Fsp3) is 0.909. The second-order valence-electron chi connectivity index (χ2n) is 3.64. The van der Waals surface area contributed by atoms with Crippen LogP contribution in [0.2, 0.25) is 0 Å². The minimum atomic E-state index is 0.0479.